The molecule has 0 aliphatic rings. The van der Waals surface area contributed by atoms with E-state index in [1.165, 1.54) is 11.3 Å². The Morgan fingerprint density at radius 1 is 1.31 bits per heavy atom. The van der Waals surface area contributed by atoms with Gasteiger partial charge >= 0.3 is 0 Å². The lowest BCUT2D eigenvalue weighted by molar-refractivity contribution is 0.112. The zero-order valence-corrected chi connectivity index (χ0v) is 9.88. The van der Waals surface area contributed by atoms with Gasteiger partial charge in [-0.25, -0.2) is 4.98 Å². The molecule has 2 rings (SSSR count). The second kappa shape index (κ2) is 4.45. The van der Waals surface area contributed by atoms with Crippen LogP contribution in [0, 0.1) is 6.92 Å². The van der Waals surface area contributed by atoms with E-state index in [2.05, 4.69) is 4.98 Å². The number of benzene rings is 1. The largest absolute Gasteiger partial charge is 0.497 e. The van der Waals surface area contributed by atoms with Crippen molar-refractivity contribution in [2.45, 2.75) is 6.92 Å². The molecule has 0 aliphatic heterocycles. The summed E-state index contributed by atoms with van der Waals surface area (Å²) >= 11 is 1.41. The van der Waals surface area contributed by atoms with Gasteiger partial charge in [0.15, 0.2) is 11.3 Å². The van der Waals surface area contributed by atoms with Gasteiger partial charge in [0.25, 0.3) is 0 Å². The zero-order chi connectivity index (χ0) is 11.5. The Labute approximate surface area is 97.7 Å². The van der Waals surface area contributed by atoms with E-state index in [1.54, 1.807) is 7.11 Å². The molecule has 0 fully saturated rings. The number of rotatable bonds is 3. The van der Waals surface area contributed by atoms with Gasteiger partial charge in [-0.15, -0.1) is 11.3 Å². The molecular formula is C12H11NO2S. The first kappa shape index (κ1) is 10.8. The third-order valence-corrected chi connectivity index (χ3v) is 3.17. The second-order valence-electron chi connectivity index (χ2n) is 3.30. The van der Waals surface area contributed by atoms with Crippen LogP contribution in [0.25, 0.3) is 11.3 Å². The molecule has 1 aromatic carbocycles. The molecule has 0 amide bonds. The van der Waals surface area contributed by atoms with Gasteiger partial charge in [0.05, 0.1) is 12.8 Å². The minimum Gasteiger partial charge on any atom is -0.497 e. The van der Waals surface area contributed by atoms with Crippen LogP contribution in [0.15, 0.2) is 24.3 Å². The van der Waals surface area contributed by atoms with Gasteiger partial charge in [-0.3, -0.25) is 4.79 Å². The van der Waals surface area contributed by atoms with E-state index in [0.29, 0.717) is 5.01 Å². The van der Waals surface area contributed by atoms with Crippen LogP contribution in [-0.2, 0) is 0 Å². The van der Waals surface area contributed by atoms with E-state index < -0.39 is 0 Å². The average Bonchev–Trinajstić information content (AvgIpc) is 2.71. The quantitative estimate of drug-likeness (QED) is 0.765. The average molecular weight is 233 g/mol. The molecule has 0 aliphatic carbocycles. The molecule has 3 nitrogen and oxygen atoms in total. The van der Waals surface area contributed by atoms with Crippen molar-refractivity contribution >= 4 is 17.6 Å². The predicted molar refractivity (Wildman–Crippen MR) is 64.2 cm³/mol. The normalized spacial score (nSPS) is 10.1. The molecule has 0 saturated heterocycles. The summed E-state index contributed by atoms with van der Waals surface area (Å²) in [5.74, 6) is 0.812. The van der Waals surface area contributed by atoms with Crippen molar-refractivity contribution in [3.8, 4) is 17.0 Å². The van der Waals surface area contributed by atoms with Gasteiger partial charge in [0.2, 0.25) is 0 Å². The summed E-state index contributed by atoms with van der Waals surface area (Å²) in [6.45, 7) is 1.96. The van der Waals surface area contributed by atoms with Crippen LogP contribution in [0.1, 0.15) is 14.7 Å². The monoisotopic (exact) mass is 233 g/mol. The van der Waals surface area contributed by atoms with Crippen LogP contribution in [0.2, 0.25) is 0 Å². The number of thiazole rings is 1. The summed E-state index contributed by atoms with van der Waals surface area (Å²) in [6, 6.07) is 7.65. The Balaban J connectivity index is 2.41. The third-order valence-electron chi connectivity index (χ3n) is 2.28. The third kappa shape index (κ3) is 1.97. The Morgan fingerprint density at radius 3 is 2.50 bits per heavy atom. The van der Waals surface area contributed by atoms with Crippen LogP contribution in [0.5, 0.6) is 5.75 Å². The minimum atomic E-state index is 0.517. The summed E-state index contributed by atoms with van der Waals surface area (Å²) in [6.07, 6.45) is 0.782. The lowest BCUT2D eigenvalue weighted by atomic mass is 10.1. The van der Waals surface area contributed by atoms with Crippen molar-refractivity contribution in [3.63, 3.8) is 0 Å². The van der Waals surface area contributed by atoms with E-state index in [0.717, 1.165) is 28.2 Å². The smallest absolute Gasteiger partial charge is 0.178 e. The van der Waals surface area contributed by atoms with Crippen molar-refractivity contribution in [1.29, 1.82) is 0 Å². The van der Waals surface area contributed by atoms with Crippen LogP contribution in [-0.4, -0.2) is 18.4 Å². The molecular weight excluding hydrogens is 222 g/mol. The topological polar surface area (TPSA) is 39.2 Å². The molecule has 0 unspecified atom stereocenters. The lowest BCUT2D eigenvalue weighted by Crippen LogP contribution is -1.84. The number of aromatic nitrogens is 1. The van der Waals surface area contributed by atoms with Crippen LogP contribution in [0.4, 0.5) is 0 Å². The number of carbonyl (C=O) groups is 1. The maximum Gasteiger partial charge on any atom is 0.178 e. The van der Waals surface area contributed by atoms with Gasteiger partial charge in [0, 0.05) is 10.4 Å². The molecule has 0 N–H and O–H groups in total. The van der Waals surface area contributed by atoms with E-state index in [1.807, 2.05) is 31.2 Å². The molecule has 0 atom stereocenters. The molecule has 2 aromatic rings. The van der Waals surface area contributed by atoms with Crippen molar-refractivity contribution in [2.24, 2.45) is 0 Å². The van der Waals surface area contributed by atoms with Crippen molar-refractivity contribution in [3.05, 3.63) is 34.2 Å². The second-order valence-corrected chi connectivity index (χ2v) is 4.54. The number of ether oxygens (including phenoxy) is 1. The van der Waals surface area contributed by atoms with E-state index in [-0.39, 0.29) is 0 Å². The van der Waals surface area contributed by atoms with Gasteiger partial charge in [-0.2, -0.15) is 0 Å². The summed E-state index contributed by atoms with van der Waals surface area (Å²) in [7, 11) is 1.63. The van der Waals surface area contributed by atoms with Gasteiger partial charge in [-0.05, 0) is 31.2 Å². The van der Waals surface area contributed by atoms with Crippen LogP contribution < -0.4 is 4.74 Å². The zero-order valence-electron chi connectivity index (χ0n) is 9.06. The van der Waals surface area contributed by atoms with E-state index in [9.17, 15) is 4.79 Å². The standard InChI is InChI=1S/C12H11NO2S/c1-8-12(13-11(7-14)16-8)9-3-5-10(15-2)6-4-9/h3-7H,1-2H3. The number of carbonyl (C=O) groups excluding carboxylic acids is 1. The molecule has 0 saturated carbocycles. The van der Waals surface area contributed by atoms with Crippen molar-refractivity contribution < 1.29 is 9.53 Å². The Bertz CT molecular complexity index is 502. The van der Waals surface area contributed by atoms with Gasteiger partial charge < -0.3 is 4.74 Å². The Hall–Kier alpha value is -1.68. The van der Waals surface area contributed by atoms with Gasteiger partial charge in [0.1, 0.15) is 5.75 Å². The summed E-state index contributed by atoms with van der Waals surface area (Å²) in [5, 5.41) is 0.517. The number of nitrogens with zero attached hydrogens (tertiary/aromatic N) is 1. The first-order valence-electron chi connectivity index (χ1n) is 4.81. The Kier molecular flexibility index (Phi) is 3.01. The Morgan fingerprint density at radius 2 is 2.00 bits per heavy atom. The summed E-state index contributed by atoms with van der Waals surface area (Å²) < 4.78 is 5.09. The molecule has 4 heteroatoms. The first-order valence-corrected chi connectivity index (χ1v) is 5.63. The number of hydrogen-bond donors (Lipinski definition) is 0. The van der Waals surface area contributed by atoms with E-state index >= 15 is 0 Å². The van der Waals surface area contributed by atoms with Crippen molar-refractivity contribution in [1.82, 2.24) is 4.98 Å². The summed E-state index contributed by atoms with van der Waals surface area (Å²) in [5.41, 5.74) is 1.87. The highest BCUT2D eigenvalue weighted by Crippen LogP contribution is 2.28. The highest BCUT2D eigenvalue weighted by atomic mass is 32.1. The number of aryl methyl sites for hydroxylation is 1. The fourth-order valence-corrected chi connectivity index (χ4v) is 2.24. The first-order chi connectivity index (χ1) is 7.74. The molecule has 16 heavy (non-hydrogen) atoms. The number of hydrogen-bond acceptors (Lipinski definition) is 4. The predicted octanol–water partition coefficient (Wildman–Crippen LogP) is 2.94. The van der Waals surface area contributed by atoms with Gasteiger partial charge in [-0.1, -0.05) is 0 Å². The lowest BCUT2D eigenvalue weighted by Gasteiger charge is -2.01. The maximum absolute atomic E-state index is 10.6. The number of aldehydes is 1. The van der Waals surface area contributed by atoms with E-state index in [4.69, 9.17) is 4.74 Å². The van der Waals surface area contributed by atoms with Crippen LogP contribution >= 0.6 is 11.3 Å². The highest BCUT2D eigenvalue weighted by Gasteiger charge is 2.08. The van der Waals surface area contributed by atoms with Crippen molar-refractivity contribution in [2.75, 3.05) is 7.11 Å². The maximum atomic E-state index is 10.6. The minimum absolute atomic E-state index is 0.517. The molecule has 0 radical (unpaired) electrons. The highest BCUT2D eigenvalue weighted by molar-refractivity contribution is 7.13. The number of methoxy groups -OCH3 is 1. The fourth-order valence-electron chi connectivity index (χ4n) is 1.48. The van der Waals surface area contributed by atoms with Crippen LogP contribution in [0.3, 0.4) is 0 Å². The molecule has 82 valence electrons. The SMILES string of the molecule is COc1ccc(-c2nc(C=O)sc2C)cc1. The molecule has 1 heterocycles. The summed E-state index contributed by atoms with van der Waals surface area (Å²) in [4.78, 5) is 15.9. The molecule has 0 bridgehead atoms. The fraction of sp³-hybridized carbons (Fsp3) is 0.167. The molecule has 0 spiro atoms. The molecule has 1 aromatic heterocycles.